The molecule has 0 amide bonds. The van der Waals surface area contributed by atoms with E-state index >= 15 is 0 Å². The Bertz CT molecular complexity index is 643. The third-order valence-corrected chi connectivity index (χ3v) is 5.33. The van der Waals surface area contributed by atoms with E-state index in [0.29, 0.717) is 16.9 Å². The van der Waals surface area contributed by atoms with Gasteiger partial charge in [0.05, 0.1) is 0 Å². The number of rotatable bonds is 5. The second kappa shape index (κ2) is 6.66. The fourth-order valence-electron chi connectivity index (χ4n) is 1.61. The first-order valence-electron chi connectivity index (χ1n) is 5.71. The molecule has 6 heteroatoms. The number of aldehydes is 1. The molecule has 0 aliphatic carbocycles. The Kier molecular flexibility index (Phi) is 4.90. The van der Waals surface area contributed by atoms with Gasteiger partial charge in [-0.1, -0.05) is 0 Å². The van der Waals surface area contributed by atoms with Gasteiger partial charge in [0.2, 0.25) is 0 Å². The number of benzene rings is 2. The van der Waals surface area contributed by atoms with E-state index in [1.165, 1.54) is 12.1 Å². The third-order valence-electron chi connectivity index (χ3n) is 2.64. The summed E-state index contributed by atoms with van der Waals surface area (Å²) in [6.07, 6.45) is 0.673. The molecule has 0 radical (unpaired) electrons. The molecule has 20 heavy (non-hydrogen) atoms. The molecule has 0 heterocycles. The number of nitrogens with zero attached hydrogens (tertiary/aromatic N) is 1. The van der Waals surface area contributed by atoms with Gasteiger partial charge in [0.15, 0.2) is 0 Å². The molecule has 102 valence electrons. The molecule has 0 saturated heterocycles. The van der Waals surface area contributed by atoms with Crippen molar-refractivity contribution in [2.75, 3.05) is 0 Å². The summed E-state index contributed by atoms with van der Waals surface area (Å²) in [6, 6.07) is 12.0. The molecule has 4 nitrogen and oxygen atoms in total. The minimum atomic E-state index is -0.497. The molecule has 2 rings (SSSR count). The van der Waals surface area contributed by atoms with Crippen molar-refractivity contribution in [3.05, 3.63) is 68.7 Å². The number of hydrogen-bond donors (Lipinski definition) is 0. The van der Waals surface area contributed by atoms with Gasteiger partial charge in [-0.3, -0.25) is 0 Å². The van der Waals surface area contributed by atoms with Crippen molar-refractivity contribution in [1.82, 2.24) is 0 Å². The average molecular weight is 355 g/mol. The van der Waals surface area contributed by atoms with E-state index in [-0.39, 0.29) is 20.6 Å². The normalized spacial score (nSPS) is 10.2. The van der Waals surface area contributed by atoms with Crippen LogP contribution in [0.1, 0.15) is 15.9 Å². The first-order valence-corrected chi connectivity index (χ1v) is 8.15. The van der Waals surface area contributed by atoms with Crippen molar-refractivity contribution in [2.45, 2.75) is 5.32 Å². The van der Waals surface area contributed by atoms with Crippen LogP contribution in [0.15, 0.2) is 42.5 Å². The van der Waals surface area contributed by atoms with Gasteiger partial charge in [0.25, 0.3) is 0 Å². The Morgan fingerprint density at radius 1 is 1.20 bits per heavy atom. The molecular weight excluding hydrogens is 345 g/mol. The van der Waals surface area contributed by atoms with Crippen LogP contribution in [0, 0.1) is 10.1 Å². The van der Waals surface area contributed by atoms with Crippen LogP contribution in [-0.2, 0) is 5.32 Å². The summed E-state index contributed by atoms with van der Waals surface area (Å²) in [6.45, 7) is 0. The second-order valence-corrected chi connectivity index (χ2v) is 6.58. The summed E-state index contributed by atoms with van der Waals surface area (Å²) in [5.74, 6) is 0. The first-order chi connectivity index (χ1) is 9.60. The summed E-state index contributed by atoms with van der Waals surface area (Å²) in [5, 5.41) is 12.2. The topological polar surface area (TPSA) is 60.2 Å². The van der Waals surface area contributed by atoms with Gasteiger partial charge in [0, 0.05) is 0 Å². The van der Waals surface area contributed by atoms with Crippen molar-refractivity contribution in [2.24, 2.45) is 0 Å². The monoisotopic (exact) mass is 355 g/mol. The Hall–Kier alpha value is -1.68. The molecule has 2 aromatic carbocycles. The predicted octanol–water partition coefficient (Wildman–Crippen LogP) is 2.59. The quantitative estimate of drug-likeness (QED) is 0.359. The van der Waals surface area contributed by atoms with Gasteiger partial charge in [-0.2, -0.15) is 0 Å². The maximum atomic E-state index is 11.0. The zero-order valence-corrected chi connectivity index (χ0v) is 12.8. The molecule has 0 bridgehead atoms. The van der Waals surface area contributed by atoms with E-state index in [9.17, 15) is 14.9 Å². The van der Waals surface area contributed by atoms with Crippen molar-refractivity contribution in [3.8, 4) is 0 Å². The molecule has 0 saturated carbocycles. The Labute approximate surface area is 127 Å². The van der Waals surface area contributed by atoms with Crippen LogP contribution in [0.4, 0.5) is 5.69 Å². The number of nitro groups is 1. The first kappa shape index (κ1) is 14.7. The Morgan fingerprint density at radius 3 is 2.50 bits per heavy atom. The van der Waals surface area contributed by atoms with Crippen LogP contribution in [0.25, 0.3) is 0 Å². The number of carbonyl (C=O) groups is 1. The van der Waals surface area contributed by atoms with Gasteiger partial charge in [-0.15, -0.1) is 0 Å². The molecular formula is C14H10ClNO3Se. The summed E-state index contributed by atoms with van der Waals surface area (Å²) < 4.78 is 0.869. The summed E-state index contributed by atoms with van der Waals surface area (Å²) >= 11 is 5.86. The van der Waals surface area contributed by atoms with Crippen LogP contribution in [0.2, 0.25) is 5.02 Å². The average Bonchev–Trinajstić information content (AvgIpc) is 2.46. The molecule has 2 aromatic rings. The third kappa shape index (κ3) is 3.67. The molecule has 0 spiro atoms. The predicted molar refractivity (Wildman–Crippen MR) is 79.0 cm³/mol. The summed E-state index contributed by atoms with van der Waals surface area (Å²) in [7, 11) is 0. The Balaban J connectivity index is 2.14. The standard InChI is InChI=1S/C14H10ClNO3Se/c15-12-3-1-10(2-4-12)9-20-14-6-5-13(16(18)19)7-11(14)8-17/h1-8H,9H2. The van der Waals surface area contributed by atoms with E-state index in [1.54, 1.807) is 6.07 Å². The fourth-order valence-corrected chi connectivity index (χ4v) is 3.74. The molecule has 0 unspecified atom stereocenters. The molecule has 0 N–H and O–H groups in total. The van der Waals surface area contributed by atoms with E-state index in [4.69, 9.17) is 11.6 Å². The van der Waals surface area contributed by atoms with Crippen molar-refractivity contribution in [1.29, 1.82) is 0 Å². The summed E-state index contributed by atoms with van der Waals surface area (Å²) in [5.41, 5.74) is 1.47. The SMILES string of the molecule is O=Cc1cc([N+](=O)[O-])ccc1[Se]Cc1ccc(Cl)cc1. The van der Waals surface area contributed by atoms with Crippen LogP contribution in [-0.4, -0.2) is 26.2 Å². The molecule has 0 atom stereocenters. The number of carbonyl (C=O) groups excluding carboxylic acids is 1. The zero-order chi connectivity index (χ0) is 14.5. The molecule has 0 aliphatic rings. The van der Waals surface area contributed by atoms with Gasteiger partial charge in [-0.05, 0) is 0 Å². The summed E-state index contributed by atoms with van der Waals surface area (Å²) in [4.78, 5) is 21.2. The van der Waals surface area contributed by atoms with Crippen LogP contribution in [0.3, 0.4) is 0 Å². The van der Waals surface area contributed by atoms with Gasteiger partial charge in [-0.25, -0.2) is 0 Å². The minimum absolute atomic E-state index is 0.0409. The van der Waals surface area contributed by atoms with E-state index in [2.05, 4.69) is 0 Å². The van der Waals surface area contributed by atoms with Crippen molar-refractivity contribution < 1.29 is 9.72 Å². The molecule has 0 aliphatic heterocycles. The number of nitro benzene ring substituents is 1. The molecule has 0 fully saturated rings. The number of halogens is 1. The Morgan fingerprint density at radius 2 is 1.90 bits per heavy atom. The van der Waals surface area contributed by atoms with Gasteiger partial charge in [0.1, 0.15) is 0 Å². The van der Waals surface area contributed by atoms with E-state index < -0.39 is 4.92 Å². The second-order valence-electron chi connectivity index (χ2n) is 4.01. The zero-order valence-electron chi connectivity index (χ0n) is 10.3. The van der Waals surface area contributed by atoms with Crippen LogP contribution < -0.4 is 4.46 Å². The van der Waals surface area contributed by atoms with E-state index in [0.717, 1.165) is 15.3 Å². The number of non-ortho nitro benzene ring substituents is 1. The van der Waals surface area contributed by atoms with Gasteiger partial charge < -0.3 is 0 Å². The van der Waals surface area contributed by atoms with Crippen LogP contribution >= 0.6 is 11.6 Å². The van der Waals surface area contributed by atoms with Crippen LogP contribution in [0.5, 0.6) is 0 Å². The molecule has 0 aromatic heterocycles. The fraction of sp³-hybridized carbons (Fsp3) is 0.0714. The van der Waals surface area contributed by atoms with E-state index in [1.807, 2.05) is 24.3 Å². The van der Waals surface area contributed by atoms with Crippen molar-refractivity contribution in [3.63, 3.8) is 0 Å². The van der Waals surface area contributed by atoms with Gasteiger partial charge >= 0.3 is 127 Å². The van der Waals surface area contributed by atoms with Crippen molar-refractivity contribution >= 4 is 43.0 Å². The maximum absolute atomic E-state index is 11.0. The number of hydrogen-bond acceptors (Lipinski definition) is 3.